The van der Waals surface area contributed by atoms with E-state index in [2.05, 4.69) is 46.6 Å². The van der Waals surface area contributed by atoms with Crippen molar-refractivity contribution >= 4 is 50.2 Å². The van der Waals surface area contributed by atoms with Gasteiger partial charge in [0.05, 0.1) is 9.16 Å². The van der Waals surface area contributed by atoms with Crippen molar-refractivity contribution in [2.45, 2.75) is 19.2 Å². The van der Waals surface area contributed by atoms with Gasteiger partial charge in [-0.3, -0.25) is 0 Å². The highest BCUT2D eigenvalue weighted by Crippen LogP contribution is 2.39. The van der Waals surface area contributed by atoms with Crippen molar-refractivity contribution in [1.82, 2.24) is 0 Å². The third-order valence-electron chi connectivity index (χ3n) is 2.29. The molecule has 0 aromatic carbocycles. The van der Waals surface area contributed by atoms with Crippen LogP contribution in [0.25, 0.3) is 0 Å². The van der Waals surface area contributed by atoms with Crippen molar-refractivity contribution in [3.63, 3.8) is 0 Å². The summed E-state index contributed by atoms with van der Waals surface area (Å²) in [5.74, 6) is 0. The smallest absolute Gasteiger partial charge is 0.0938 e. The van der Waals surface area contributed by atoms with Crippen molar-refractivity contribution in [1.29, 1.82) is 0 Å². The van der Waals surface area contributed by atoms with Gasteiger partial charge in [0.1, 0.15) is 0 Å². The molecule has 0 saturated carbocycles. The highest BCUT2D eigenvalue weighted by molar-refractivity contribution is 9.11. The molecule has 0 aliphatic heterocycles. The van der Waals surface area contributed by atoms with Crippen molar-refractivity contribution in [3.8, 4) is 0 Å². The fourth-order valence-corrected chi connectivity index (χ4v) is 4.34. The summed E-state index contributed by atoms with van der Waals surface area (Å²) in [7, 11) is 0. The molecule has 2 heterocycles. The molecule has 0 aliphatic carbocycles. The van der Waals surface area contributed by atoms with E-state index in [4.69, 9.17) is 11.6 Å². The summed E-state index contributed by atoms with van der Waals surface area (Å²) in [5.41, 5.74) is 3.77. The van der Waals surface area contributed by atoms with Crippen LogP contribution in [0.15, 0.2) is 20.6 Å². The number of hydrogen-bond donors (Lipinski definition) is 0. The van der Waals surface area contributed by atoms with Crippen LogP contribution in [0.5, 0.6) is 0 Å². The maximum absolute atomic E-state index is 6.46. The van der Waals surface area contributed by atoms with Crippen molar-refractivity contribution in [2.24, 2.45) is 0 Å². The van der Waals surface area contributed by atoms with Crippen LogP contribution in [-0.4, -0.2) is 0 Å². The Morgan fingerprint density at radius 3 is 2.47 bits per heavy atom. The van der Waals surface area contributed by atoms with Gasteiger partial charge in [-0.2, -0.15) is 11.3 Å². The lowest BCUT2D eigenvalue weighted by Crippen LogP contribution is -1.89. The molecule has 4 heteroatoms. The zero-order valence-corrected chi connectivity index (χ0v) is 12.4. The normalized spacial score (nSPS) is 13.1. The third-order valence-corrected chi connectivity index (χ3v) is 5.97. The molecule has 0 spiro atoms. The van der Waals surface area contributed by atoms with Crippen LogP contribution in [0, 0.1) is 13.8 Å². The summed E-state index contributed by atoms with van der Waals surface area (Å²) in [6.07, 6.45) is 0. The second-order valence-corrected chi connectivity index (χ2v) is 7.06. The van der Waals surface area contributed by atoms with Gasteiger partial charge in [-0.05, 0) is 63.3 Å². The number of halogens is 2. The predicted molar refractivity (Wildman–Crippen MR) is 73.5 cm³/mol. The van der Waals surface area contributed by atoms with Crippen LogP contribution in [0.3, 0.4) is 0 Å². The van der Waals surface area contributed by atoms with E-state index in [1.807, 2.05) is 0 Å². The van der Waals surface area contributed by atoms with Crippen molar-refractivity contribution in [2.75, 3.05) is 0 Å². The molecule has 0 saturated heterocycles. The van der Waals surface area contributed by atoms with E-state index in [0.717, 1.165) is 0 Å². The summed E-state index contributed by atoms with van der Waals surface area (Å²) >= 11 is 13.4. The average Bonchev–Trinajstić information content (AvgIpc) is 2.74. The minimum absolute atomic E-state index is 0.00810. The summed E-state index contributed by atoms with van der Waals surface area (Å²) in [5, 5.41) is 4.27. The molecule has 0 bridgehead atoms. The van der Waals surface area contributed by atoms with E-state index in [-0.39, 0.29) is 5.38 Å². The molecule has 1 unspecified atom stereocenters. The molecule has 1 atom stereocenters. The van der Waals surface area contributed by atoms with Crippen LogP contribution in [0.4, 0.5) is 0 Å². The van der Waals surface area contributed by atoms with E-state index >= 15 is 0 Å². The molecule has 0 radical (unpaired) electrons. The van der Waals surface area contributed by atoms with E-state index in [1.54, 1.807) is 22.7 Å². The van der Waals surface area contributed by atoms with Gasteiger partial charge in [0.25, 0.3) is 0 Å². The zero-order valence-electron chi connectivity index (χ0n) is 8.38. The Labute approximate surface area is 111 Å². The predicted octanol–water partition coefficient (Wildman–Crippen LogP) is 5.52. The first-order valence-electron chi connectivity index (χ1n) is 4.52. The molecule has 0 fully saturated rings. The van der Waals surface area contributed by atoms with Gasteiger partial charge < -0.3 is 0 Å². The van der Waals surface area contributed by atoms with E-state index < -0.39 is 0 Å². The highest BCUT2D eigenvalue weighted by Gasteiger charge is 2.17. The lowest BCUT2D eigenvalue weighted by molar-refractivity contribution is 1.17. The zero-order chi connectivity index (χ0) is 11.0. The number of rotatable bonds is 2. The summed E-state index contributed by atoms with van der Waals surface area (Å²) in [4.78, 5) is 1.21. The first kappa shape index (κ1) is 11.6. The Kier molecular flexibility index (Phi) is 3.56. The summed E-state index contributed by atoms with van der Waals surface area (Å²) in [6.45, 7) is 4.20. The van der Waals surface area contributed by atoms with Crippen molar-refractivity contribution < 1.29 is 0 Å². The second-order valence-electron chi connectivity index (χ2n) is 3.48. The molecule has 15 heavy (non-hydrogen) atoms. The van der Waals surface area contributed by atoms with Gasteiger partial charge in [-0.1, -0.05) is 0 Å². The van der Waals surface area contributed by atoms with Gasteiger partial charge in [-0.25, -0.2) is 0 Å². The van der Waals surface area contributed by atoms with E-state index in [9.17, 15) is 0 Å². The van der Waals surface area contributed by atoms with Gasteiger partial charge in [-0.15, -0.1) is 22.9 Å². The average molecular weight is 322 g/mol. The first-order chi connectivity index (χ1) is 7.09. The number of alkyl halides is 1. The molecule has 0 aliphatic rings. The molecule has 2 aromatic heterocycles. The third kappa shape index (κ3) is 2.31. The first-order valence-corrected chi connectivity index (χ1v) is 7.51. The fourth-order valence-electron chi connectivity index (χ4n) is 1.39. The monoisotopic (exact) mass is 320 g/mol. The minimum atomic E-state index is -0.00810. The molecule has 2 rings (SSSR count). The number of hydrogen-bond acceptors (Lipinski definition) is 2. The maximum atomic E-state index is 6.46. The summed E-state index contributed by atoms with van der Waals surface area (Å²) in [6, 6.07) is 2.16. The number of thiophene rings is 2. The van der Waals surface area contributed by atoms with Gasteiger partial charge in [0.2, 0.25) is 0 Å². The van der Waals surface area contributed by atoms with Gasteiger partial charge in [0, 0.05) is 4.88 Å². The highest BCUT2D eigenvalue weighted by atomic mass is 79.9. The lowest BCUT2D eigenvalue weighted by atomic mass is 10.1. The van der Waals surface area contributed by atoms with Gasteiger partial charge >= 0.3 is 0 Å². The Morgan fingerprint density at radius 2 is 2.00 bits per heavy atom. The molecule has 0 N–H and O–H groups in total. The van der Waals surface area contributed by atoms with Crippen LogP contribution in [0.1, 0.15) is 26.9 Å². The molecule has 80 valence electrons. The van der Waals surface area contributed by atoms with Crippen LogP contribution < -0.4 is 0 Å². The van der Waals surface area contributed by atoms with Crippen molar-refractivity contribution in [3.05, 3.63) is 42.2 Å². The fraction of sp³-hybridized carbons (Fsp3) is 0.273. The maximum Gasteiger partial charge on any atom is 0.0938 e. The Morgan fingerprint density at radius 1 is 1.27 bits per heavy atom. The van der Waals surface area contributed by atoms with Crippen LogP contribution in [-0.2, 0) is 0 Å². The minimum Gasteiger partial charge on any atom is -0.152 e. The van der Waals surface area contributed by atoms with Crippen LogP contribution in [0.2, 0.25) is 0 Å². The number of aryl methyl sites for hydroxylation is 2. The van der Waals surface area contributed by atoms with E-state index in [1.165, 1.54) is 25.4 Å². The standard InChI is InChI=1S/C11H10BrClS2/c1-6-3-9(15-11(6)12)10(13)8-5-14-4-7(8)2/h3-5,10H,1-2H3. The molecule has 2 aromatic rings. The van der Waals surface area contributed by atoms with Crippen LogP contribution >= 0.6 is 50.2 Å². The SMILES string of the molecule is Cc1cscc1C(Cl)c1cc(C)c(Br)s1. The van der Waals surface area contributed by atoms with E-state index in [0.29, 0.717) is 0 Å². The largest absolute Gasteiger partial charge is 0.152 e. The molecule has 0 nitrogen and oxygen atoms in total. The second kappa shape index (κ2) is 4.58. The Balaban J connectivity index is 2.36. The van der Waals surface area contributed by atoms with Gasteiger partial charge in [0.15, 0.2) is 0 Å². The topological polar surface area (TPSA) is 0 Å². The molecular formula is C11H10BrClS2. The Hall–Kier alpha value is 0.170. The molecule has 0 amide bonds. The molecular weight excluding hydrogens is 312 g/mol. The lowest BCUT2D eigenvalue weighted by Gasteiger charge is -2.06. The Bertz CT molecular complexity index is 453. The summed E-state index contributed by atoms with van der Waals surface area (Å²) < 4.78 is 1.18. The quantitative estimate of drug-likeness (QED) is 0.639.